The molecule has 3 nitrogen and oxygen atoms in total. The average Bonchev–Trinajstić information content (AvgIpc) is 1.88. The molecule has 0 amide bonds. The predicted molar refractivity (Wildman–Crippen MR) is 49.5 cm³/mol. The number of nitrogens with two attached hydrogens (primary N) is 1. The van der Waals surface area contributed by atoms with Crippen LogP contribution in [0.5, 0.6) is 0 Å². The molecular formula is C6H6IN3. The number of nitrogens with zero attached hydrogens (tertiary/aromatic N) is 1. The lowest BCUT2D eigenvalue weighted by molar-refractivity contribution is 1.30. The highest BCUT2D eigenvalue weighted by molar-refractivity contribution is 14.1. The van der Waals surface area contributed by atoms with Gasteiger partial charge in [0.15, 0.2) is 0 Å². The van der Waals surface area contributed by atoms with Crippen molar-refractivity contribution in [2.24, 2.45) is 0 Å². The van der Waals surface area contributed by atoms with E-state index in [1.165, 1.54) is 0 Å². The molecule has 0 saturated carbocycles. The molecule has 0 saturated heterocycles. The zero-order valence-corrected chi connectivity index (χ0v) is 7.29. The van der Waals surface area contributed by atoms with Crippen molar-refractivity contribution in [3.63, 3.8) is 0 Å². The molecule has 1 rings (SSSR count). The fraction of sp³-hybridized carbons (Fsp3) is 0. The van der Waals surface area contributed by atoms with Crippen molar-refractivity contribution in [2.45, 2.75) is 0 Å². The van der Waals surface area contributed by atoms with Crippen molar-refractivity contribution in [2.75, 3.05) is 5.73 Å². The van der Waals surface area contributed by atoms with Crippen LogP contribution in [-0.2, 0) is 0 Å². The Balaban J connectivity index is 3.15. The minimum absolute atomic E-state index is 0.371. The zero-order valence-electron chi connectivity index (χ0n) is 5.13. The number of rotatable bonds is 1. The van der Waals surface area contributed by atoms with Crippen LogP contribution in [0, 0.1) is 5.41 Å². The average molecular weight is 247 g/mol. The summed E-state index contributed by atoms with van der Waals surface area (Å²) >= 11 is 1.87. The Bertz CT molecular complexity index is 259. The van der Waals surface area contributed by atoms with Gasteiger partial charge in [0.1, 0.15) is 9.41 Å². The number of nitrogen functional groups attached to an aromatic ring is 1. The van der Waals surface area contributed by atoms with Gasteiger partial charge in [0.05, 0.1) is 5.69 Å². The first-order valence-electron chi connectivity index (χ1n) is 2.66. The van der Waals surface area contributed by atoms with Crippen LogP contribution in [0.25, 0.3) is 0 Å². The summed E-state index contributed by atoms with van der Waals surface area (Å²) in [7, 11) is 0. The molecule has 0 spiro atoms. The number of hydrogen-bond acceptors (Lipinski definition) is 3. The summed E-state index contributed by atoms with van der Waals surface area (Å²) in [6, 6.07) is 3.48. The fourth-order valence-electron chi connectivity index (χ4n) is 0.601. The van der Waals surface area contributed by atoms with E-state index in [2.05, 4.69) is 4.98 Å². The van der Waals surface area contributed by atoms with Crippen LogP contribution >= 0.6 is 22.6 Å². The van der Waals surface area contributed by atoms with Gasteiger partial charge in [0, 0.05) is 6.20 Å². The number of anilines is 1. The maximum absolute atomic E-state index is 7.22. The Morgan fingerprint density at radius 3 is 2.80 bits per heavy atom. The van der Waals surface area contributed by atoms with Crippen LogP contribution in [0.1, 0.15) is 5.69 Å². The summed E-state index contributed by atoms with van der Waals surface area (Å²) in [4.78, 5) is 3.92. The number of nitrogens with one attached hydrogen (secondary N) is 1. The van der Waals surface area contributed by atoms with Crippen molar-refractivity contribution in [1.29, 1.82) is 5.41 Å². The van der Waals surface area contributed by atoms with Crippen LogP contribution in [0.15, 0.2) is 18.3 Å². The molecule has 10 heavy (non-hydrogen) atoms. The standard InChI is InChI=1S/C6H6IN3/c7-6(9)5-4(8)2-1-3-10-5/h1-3,9H,8H2. The van der Waals surface area contributed by atoms with E-state index < -0.39 is 0 Å². The molecule has 52 valence electrons. The smallest absolute Gasteiger partial charge is 0.120 e. The highest BCUT2D eigenvalue weighted by Gasteiger charge is 2.00. The van der Waals surface area contributed by atoms with Crippen molar-refractivity contribution < 1.29 is 0 Å². The maximum atomic E-state index is 7.22. The Morgan fingerprint density at radius 2 is 2.40 bits per heavy atom. The number of halogens is 1. The van der Waals surface area contributed by atoms with Crippen molar-refractivity contribution in [1.82, 2.24) is 4.98 Å². The molecule has 1 aromatic rings. The molecule has 0 aliphatic carbocycles. The lowest BCUT2D eigenvalue weighted by atomic mass is 10.3. The van der Waals surface area contributed by atoms with Crippen molar-refractivity contribution >= 4 is 32.0 Å². The van der Waals surface area contributed by atoms with Gasteiger partial charge >= 0.3 is 0 Å². The Kier molecular flexibility index (Phi) is 2.21. The molecule has 0 aliphatic heterocycles. The first-order chi connectivity index (χ1) is 4.72. The number of hydrogen-bond donors (Lipinski definition) is 2. The zero-order chi connectivity index (χ0) is 7.56. The quantitative estimate of drug-likeness (QED) is 0.582. The second-order valence-electron chi connectivity index (χ2n) is 1.76. The van der Waals surface area contributed by atoms with Gasteiger partial charge in [-0.15, -0.1) is 0 Å². The maximum Gasteiger partial charge on any atom is 0.120 e. The summed E-state index contributed by atoms with van der Waals surface area (Å²) in [5.41, 5.74) is 6.63. The van der Waals surface area contributed by atoms with E-state index in [1.807, 2.05) is 22.6 Å². The molecule has 1 heterocycles. The van der Waals surface area contributed by atoms with E-state index in [1.54, 1.807) is 18.3 Å². The van der Waals surface area contributed by atoms with Crippen molar-refractivity contribution in [3.05, 3.63) is 24.0 Å². The molecule has 0 bridgehead atoms. The van der Waals surface area contributed by atoms with E-state index in [-0.39, 0.29) is 0 Å². The van der Waals surface area contributed by atoms with Crippen LogP contribution in [0.4, 0.5) is 5.69 Å². The number of pyridine rings is 1. The van der Waals surface area contributed by atoms with Gasteiger partial charge in [-0.1, -0.05) is 0 Å². The SMILES string of the molecule is N=C(I)c1ncccc1N. The summed E-state index contributed by atoms with van der Waals surface area (Å²) < 4.78 is 0.371. The van der Waals surface area contributed by atoms with Crippen LogP contribution in [0.3, 0.4) is 0 Å². The van der Waals surface area contributed by atoms with E-state index in [9.17, 15) is 0 Å². The molecule has 0 aromatic carbocycles. The highest BCUT2D eigenvalue weighted by atomic mass is 127. The second kappa shape index (κ2) is 2.96. The van der Waals surface area contributed by atoms with E-state index in [0.29, 0.717) is 15.1 Å². The molecule has 3 N–H and O–H groups in total. The lowest BCUT2D eigenvalue weighted by Gasteiger charge is -1.97. The molecule has 0 fully saturated rings. The Labute approximate surface area is 72.3 Å². The highest BCUT2D eigenvalue weighted by Crippen LogP contribution is 2.10. The molecule has 0 atom stereocenters. The lowest BCUT2D eigenvalue weighted by Crippen LogP contribution is -1.99. The molecule has 0 aliphatic rings. The third kappa shape index (κ3) is 1.44. The fourth-order valence-corrected chi connectivity index (χ4v) is 1.05. The monoisotopic (exact) mass is 247 g/mol. The predicted octanol–water partition coefficient (Wildman–Crippen LogP) is 1.42. The minimum atomic E-state index is 0.371. The third-order valence-corrected chi connectivity index (χ3v) is 1.56. The minimum Gasteiger partial charge on any atom is -0.397 e. The van der Waals surface area contributed by atoms with Gasteiger partial charge < -0.3 is 5.73 Å². The molecule has 0 radical (unpaired) electrons. The van der Waals surface area contributed by atoms with E-state index in [0.717, 1.165) is 0 Å². The van der Waals surface area contributed by atoms with Crippen LogP contribution in [0.2, 0.25) is 0 Å². The van der Waals surface area contributed by atoms with Gasteiger partial charge in [-0.2, -0.15) is 0 Å². The summed E-state index contributed by atoms with van der Waals surface area (Å²) in [5.74, 6) is 0. The second-order valence-corrected chi connectivity index (χ2v) is 2.83. The molecule has 1 aromatic heterocycles. The van der Waals surface area contributed by atoms with Crippen molar-refractivity contribution in [3.8, 4) is 0 Å². The van der Waals surface area contributed by atoms with Gasteiger partial charge in [-0.3, -0.25) is 10.4 Å². The largest absolute Gasteiger partial charge is 0.397 e. The third-order valence-electron chi connectivity index (χ3n) is 1.05. The summed E-state index contributed by atoms with van der Waals surface area (Å²) in [5, 5.41) is 7.22. The first kappa shape index (κ1) is 7.46. The van der Waals surface area contributed by atoms with Crippen LogP contribution in [-0.4, -0.2) is 8.70 Å². The van der Waals surface area contributed by atoms with Gasteiger partial charge in [0.2, 0.25) is 0 Å². The molecule has 0 unspecified atom stereocenters. The first-order valence-corrected chi connectivity index (χ1v) is 3.74. The normalized spacial score (nSPS) is 9.30. The van der Waals surface area contributed by atoms with E-state index >= 15 is 0 Å². The Morgan fingerprint density at radius 1 is 1.70 bits per heavy atom. The number of aromatic nitrogens is 1. The summed E-state index contributed by atoms with van der Waals surface area (Å²) in [6.45, 7) is 0. The molecular weight excluding hydrogens is 241 g/mol. The van der Waals surface area contributed by atoms with Gasteiger partial charge in [-0.25, -0.2) is 0 Å². The van der Waals surface area contributed by atoms with Crippen LogP contribution < -0.4 is 5.73 Å². The van der Waals surface area contributed by atoms with Gasteiger partial charge in [0.25, 0.3) is 0 Å². The Hall–Kier alpha value is -0.650. The molecule has 4 heteroatoms. The van der Waals surface area contributed by atoms with E-state index in [4.69, 9.17) is 11.1 Å². The van der Waals surface area contributed by atoms with Gasteiger partial charge in [-0.05, 0) is 34.7 Å². The summed E-state index contributed by atoms with van der Waals surface area (Å²) in [6.07, 6.45) is 1.62. The topological polar surface area (TPSA) is 62.8 Å².